The van der Waals surface area contributed by atoms with Crippen molar-refractivity contribution in [1.29, 1.82) is 0 Å². The van der Waals surface area contributed by atoms with Crippen LogP contribution in [-0.4, -0.2) is 27.0 Å². The first kappa shape index (κ1) is 11.8. The molecule has 2 aromatic heterocycles. The van der Waals surface area contributed by atoms with Crippen LogP contribution in [0.4, 0.5) is 5.82 Å². The number of methoxy groups -OCH3 is 1. The molecule has 0 aliphatic heterocycles. The van der Waals surface area contributed by atoms with Gasteiger partial charge in [0, 0.05) is 23.7 Å². The van der Waals surface area contributed by atoms with E-state index < -0.39 is 0 Å². The first-order valence-electron chi connectivity index (χ1n) is 6.02. The Morgan fingerprint density at radius 1 is 1.26 bits per heavy atom. The molecule has 3 N–H and O–H groups in total. The number of nitrogens with one attached hydrogen (secondary N) is 1. The third kappa shape index (κ3) is 2.45. The summed E-state index contributed by atoms with van der Waals surface area (Å²) < 4.78 is 5.08. The standard InChI is InChI=1S/C12H14N6O/c1-19-11-5-9(14-6-15-11)12-16-8(7-2-3-7)4-10(17-12)18-13/h4-7H,2-3,13H2,1H3,(H,16,17,18). The minimum atomic E-state index is 0.479. The van der Waals surface area contributed by atoms with Crippen LogP contribution in [0, 0.1) is 0 Å². The lowest BCUT2D eigenvalue weighted by molar-refractivity contribution is 0.397. The fraction of sp³-hybridized carbons (Fsp3) is 0.333. The molecule has 0 bridgehead atoms. The first-order valence-corrected chi connectivity index (χ1v) is 6.02. The molecule has 3 rings (SSSR count). The summed E-state index contributed by atoms with van der Waals surface area (Å²) >= 11 is 0. The summed E-state index contributed by atoms with van der Waals surface area (Å²) in [5.74, 6) is 7.55. The van der Waals surface area contributed by atoms with Gasteiger partial charge in [-0.3, -0.25) is 0 Å². The van der Waals surface area contributed by atoms with Crippen molar-refractivity contribution < 1.29 is 4.74 Å². The molecular formula is C12H14N6O. The van der Waals surface area contributed by atoms with Crippen LogP contribution in [0.5, 0.6) is 5.88 Å². The number of rotatable bonds is 4. The predicted molar refractivity (Wildman–Crippen MR) is 69.4 cm³/mol. The molecule has 0 unspecified atom stereocenters. The second-order valence-corrected chi connectivity index (χ2v) is 4.37. The number of nitrogen functional groups attached to an aromatic ring is 1. The number of nitrogens with two attached hydrogens (primary N) is 1. The van der Waals surface area contributed by atoms with Gasteiger partial charge in [-0.15, -0.1) is 0 Å². The van der Waals surface area contributed by atoms with E-state index in [0.717, 1.165) is 18.5 Å². The Morgan fingerprint density at radius 2 is 2.11 bits per heavy atom. The zero-order chi connectivity index (χ0) is 13.2. The third-order valence-electron chi connectivity index (χ3n) is 2.97. The Labute approximate surface area is 110 Å². The number of anilines is 1. The van der Waals surface area contributed by atoms with Crippen molar-refractivity contribution in [2.24, 2.45) is 5.84 Å². The highest BCUT2D eigenvalue weighted by Crippen LogP contribution is 2.40. The summed E-state index contributed by atoms with van der Waals surface area (Å²) in [5.41, 5.74) is 4.18. The van der Waals surface area contributed by atoms with Crippen molar-refractivity contribution in [3.05, 3.63) is 24.2 Å². The van der Waals surface area contributed by atoms with Gasteiger partial charge in [0.1, 0.15) is 17.8 Å². The van der Waals surface area contributed by atoms with Gasteiger partial charge in [-0.1, -0.05) is 0 Å². The highest BCUT2D eigenvalue weighted by molar-refractivity contribution is 5.54. The van der Waals surface area contributed by atoms with Crippen LogP contribution in [-0.2, 0) is 0 Å². The highest BCUT2D eigenvalue weighted by Gasteiger charge is 2.26. The monoisotopic (exact) mass is 258 g/mol. The number of ether oxygens (including phenoxy) is 1. The number of aromatic nitrogens is 4. The van der Waals surface area contributed by atoms with Gasteiger partial charge in [-0.25, -0.2) is 25.8 Å². The molecule has 1 fully saturated rings. The molecule has 1 aliphatic carbocycles. The number of nitrogens with zero attached hydrogens (tertiary/aromatic N) is 4. The molecular weight excluding hydrogens is 244 g/mol. The Morgan fingerprint density at radius 3 is 2.79 bits per heavy atom. The molecule has 0 amide bonds. The lowest BCUT2D eigenvalue weighted by atomic mass is 10.2. The normalized spacial score (nSPS) is 14.2. The summed E-state index contributed by atoms with van der Waals surface area (Å²) in [7, 11) is 1.56. The lowest BCUT2D eigenvalue weighted by Crippen LogP contribution is -2.10. The minimum Gasteiger partial charge on any atom is -0.481 e. The van der Waals surface area contributed by atoms with Crippen molar-refractivity contribution >= 4 is 5.82 Å². The largest absolute Gasteiger partial charge is 0.481 e. The van der Waals surface area contributed by atoms with Crippen LogP contribution >= 0.6 is 0 Å². The Kier molecular flexibility index (Phi) is 2.96. The van der Waals surface area contributed by atoms with E-state index in [2.05, 4.69) is 25.4 Å². The number of hydrogen-bond acceptors (Lipinski definition) is 7. The topological polar surface area (TPSA) is 98.8 Å². The second kappa shape index (κ2) is 4.77. The molecule has 7 nitrogen and oxygen atoms in total. The smallest absolute Gasteiger partial charge is 0.216 e. The van der Waals surface area contributed by atoms with Crippen LogP contribution in [0.25, 0.3) is 11.5 Å². The zero-order valence-electron chi connectivity index (χ0n) is 10.5. The summed E-state index contributed by atoms with van der Waals surface area (Å²) in [6.07, 6.45) is 3.75. The maximum absolute atomic E-state index is 5.44. The minimum absolute atomic E-state index is 0.479. The fourth-order valence-corrected chi connectivity index (χ4v) is 1.82. The van der Waals surface area contributed by atoms with E-state index in [4.69, 9.17) is 10.6 Å². The number of hydrogen-bond donors (Lipinski definition) is 2. The van der Waals surface area contributed by atoms with Crippen LogP contribution in [0.15, 0.2) is 18.5 Å². The van der Waals surface area contributed by atoms with E-state index >= 15 is 0 Å². The van der Waals surface area contributed by atoms with Crippen molar-refractivity contribution in [3.63, 3.8) is 0 Å². The molecule has 2 heterocycles. The second-order valence-electron chi connectivity index (χ2n) is 4.37. The maximum Gasteiger partial charge on any atom is 0.216 e. The summed E-state index contributed by atoms with van der Waals surface area (Å²) in [5, 5.41) is 0. The first-order chi connectivity index (χ1) is 9.30. The average Bonchev–Trinajstić information content (AvgIpc) is 3.31. The van der Waals surface area contributed by atoms with E-state index in [0.29, 0.717) is 29.1 Å². The van der Waals surface area contributed by atoms with Crippen molar-refractivity contribution in [2.75, 3.05) is 12.5 Å². The van der Waals surface area contributed by atoms with Crippen LogP contribution in [0.2, 0.25) is 0 Å². The summed E-state index contributed by atoms with van der Waals surface area (Å²) in [6.45, 7) is 0. The quantitative estimate of drug-likeness (QED) is 0.625. The Bertz CT molecular complexity index is 599. The molecule has 0 saturated heterocycles. The molecule has 19 heavy (non-hydrogen) atoms. The molecule has 98 valence electrons. The van der Waals surface area contributed by atoms with Gasteiger partial charge in [0.25, 0.3) is 0 Å². The molecule has 0 spiro atoms. The van der Waals surface area contributed by atoms with E-state index in [1.165, 1.54) is 6.33 Å². The molecule has 1 aliphatic rings. The molecule has 0 aromatic carbocycles. The summed E-state index contributed by atoms with van der Waals surface area (Å²) in [4.78, 5) is 17.0. The van der Waals surface area contributed by atoms with Crippen LogP contribution < -0.4 is 16.0 Å². The van der Waals surface area contributed by atoms with Crippen molar-refractivity contribution in [2.45, 2.75) is 18.8 Å². The Hall–Kier alpha value is -2.28. The van der Waals surface area contributed by atoms with Crippen LogP contribution in [0.1, 0.15) is 24.5 Å². The van der Waals surface area contributed by atoms with Crippen LogP contribution in [0.3, 0.4) is 0 Å². The molecule has 0 radical (unpaired) electrons. The van der Waals surface area contributed by atoms with E-state index in [1.807, 2.05) is 6.07 Å². The van der Waals surface area contributed by atoms with Gasteiger partial charge in [0.2, 0.25) is 5.88 Å². The van der Waals surface area contributed by atoms with Gasteiger partial charge in [-0.05, 0) is 12.8 Å². The van der Waals surface area contributed by atoms with Crippen molar-refractivity contribution in [1.82, 2.24) is 19.9 Å². The van der Waals surface area contributed by atoms with Gasteiger partial charge in [0.15, 0.2) is 5.82 Å². The highest BCUT2D eigenvalue weighted by atomic mass is 16.5. The van der Waals surface area contributed by atoms with Gasteiger partial charge in [-0.2, -0.15) is 0 Å². The Balaban J connectivity index is 2.04. The molecule has 0 atom stereocenters. The van der Waals surface area contributed by atoms with Gasteiger partial charge >= 0.3 is 0 Å². The lowest BCUT2D eigenvalue weighted by Gasteiger charge is -2.07. The molecule has 1 saturated carbocycles. The third-order valence-corrected chi connectivity index (χ3v) is 2.97. The average molecular weight is 258 g/mol. The number of hydrazine groups is 1. The maximum atomic E-state index is 5.44. The zero-order valence-corrected chi connectivity index (χ0v) is 10.5. The SMILES string of the molecule is COc1cc(-c2nc(NN)cc(C3CC3)n2)ncn1. The van der Waals surface area contributed by atoms with Gasteiger partial charge in [0.05, 0.1) is 7.11 Å². The molecule has 7 heteroatoms. The van der Waals surface area contributed by atoms with E-state index in [9.17, 15) is 0 Å². The van der Waals surface area contributed by atoms with Gasteiger partial charge < -0.3 is 10.2 Å². The van der Waals surface area contributed by atoms with Crippen molar-refractivity contribution in [3.8, 4) is 17.4 Å². The van der Waals surface area contributed by atoms with E-state index in [1.54, 1.807) is 13.2 Å². The predicted octanol–water partition coefficient (Wildman–Crippen LogP) is 1.11. The van der Waals surface area contributed by atoms with E-state index in [-0.39, 0.29) is 0 Å². The summed E-state index contributed by atoms with van der Waals surface area (Å²) in [6, 6.07) is 3.58. The molecule has 2 aromatic rings. The fourth-order valence-electron chi connectivity index (χ4n) is 1.82.